The summed E-state index contributed by atoms with van der Waals surface area (Å²) in [5.41, 5.74) is 3.03. The first-order chi connectivity index (χ1) is 12.6. The fourth-order valence-electron chi connectivity index (χ4n) is 2.50. The predicted molar refractivity (Wildman–Crippen MR) is 109 cm³/mol. The van der Waals surface area contributed by atoms with Crippen LogP contribution in [0.25, 0.3) is 0 Å². The maximum Gasteiger partial charge on any atom is 0.170 e. The fourth-order valence-corrected chi connectivity index (χ4v) is 2.84. The van der Waals surface area contributed by atoms with E-state index < -0.39 is 0 Å². The highest BCUT2D eigenvalue weighted by molar-refractivity contribution is 7.80. The summed E-state index contributed by atoms with van der Waals surface area (Å²) in [4.78, 5) is 0. The van der Waals surface area contributed by atoms with Crippen LogP contribution in [0.3, 0.4) is 0 Å². The molecule has 0 saturated carbocycles. The Bertz CT molecular complexity index is 855. The zero-order valence-corrected chi connectivity index (χ0v) is 16.1. The largest absolute Gasteiger partial charge is 0.362 e. The van der Waals surface area contributed by atoms with Crippen molar-refractivity contribution in [3.8, 4) is 0 Å². The van der Waals surface area contributed by atoms with E-state index in [2.05, 4.69) is 20.8 Å². The molecule has 0 saturated heterocycles. The van der Waals surface area contributed by atoms with E-state index in [4.69, 9.17) is 23.8 Å². The molecule has 2 aromatic heterocycles. The first kappa shape index (κ1) is 18.4. The Morgan fingerprint density at radius 3 is 2.73 bits per heavy atom. The molecule has 2 heterocycles. The quantitative estimate of drug-likeness (QED) is 0.479. The number of aromatic nitrogens is 4. The normalized spacial score (nSPS) is 10.7. The summed E-state index contributed by atoms with van der Waals surface area (Å²) >= 11 is 11.2. The minimum atomic E-state index is 0.590. The lowest BCUT2D eigenvalue weighted by Gasteiger charge is -2.09. The third kappa shape index (κ3) is 5.57. The van der Waals surface area contributed by atoms with Gasteiger partial charge in [-0.15, -0.1) is 0 Å². The molecule has 0 spiro atoms. The summed E-state index contributed by atoms with van der Waals surface area (Å²) in [5, 5.41) is 16.4. The summed E-state index contributed by atoms with van der Waals surface area (Å²) < 4.78 is 3.79. The van der Waals surface area contributed by atoms with E-state index in [0.717, 1.165) is 41.5 Å². The van der Waals surface area contributed by atoms with Crippen LogP contribution in [0.4, 0.5) is 5.69 Å². The Hall–Kier alpha value is -2.38. The Labute approximate surface area is 163 Å². The molecule has 0 unspecified atom stereocenters. The van der Waals surface area contributed by atoms with Crippen LogP contribution in [0, 0.1) is 6.92 Å². The molecule has 0 aliphatic heterocycles. The van der Waals surface area contributed by atoms with E-state index in [9.17, 15) is 0 Å². The summed E-state index contributed by atoms with van der Waals surface area (Å²) in [6.07, 6.45) is 6.62. The van der Waals surface area contributed by atoms with E-state index in [0.29, 0.717) is 11.7 Å². The number of nitrogens with zero attached hydrogens (tertiary/aromatic N) is 4. The lowest BCUT2D eigenvalue weighted by Crippen LogP contribution is -2.29. The average molecular weight is 389 g/mol. The molecule has 0 aliphatic carbocycles. The number of nitrogens with one attached hydrogen (secondary N) is 2. The van der Waals surface area contributed by atoms with Gasteiger partial charge in [-0.2, -0.15) is 10.2 Å². The van der Waals surface area contributed by atoms with Crippen molar-refractivity contribution < 1.29 is 0 Å². The van der Waals surface area contributed by atoms with Crippen LogP contribution in [0.2, 0.25) is 5.02 Å². The highest BCUT2D eigenvalue weighted by atomic mass is 35.5. The fraction of sp³-hybridized carbons (Fsp3) is 0.278. The van der Waals surface area contributed by atoms with Gasteiger partial charge >= 0.3 is 0 Å². The molecule has 0 amide bonds. The predicted octanol–water partition coefficient (Wildman–Crippen LogP) is 3.47. The highest BCUT2D eigenvalue weighted by Crippen LogP contribution is 2.12. The summed E-state index contributed by atoms with van der Waals surface area (Å²) in [6, 6.07) is 9.74. The molecule has 6 nitrogen and oxygen atoms in total. The summed E-state index contributed by atoms with van der Waals surface area (Å²) in [5.74, 6) is 0. The topological polar surface area (TPSA) is 59.7 Å². The highest BCUT2D eigenvalue weighted by Gasteiger charge is 2.02. The number of hydrogen-bond donors (Lipinski definition) is 2. The van der Waals surface area contributed by atoms with Crippen molar-refractivity contribution in [3.05, 3.63) is 65.2 Å². The standard InChI is InChI=1S/C18H21ClN6S/c1-14-7-10-24(23-14)9-2-8-20-18(26)22-17-11-21-25(13-17)12-15-3-5-16(19)6-4-15/h3-7,10-11,13H,2,8-9,12H2,1H3,(H2,20,22,26). The molecular weight excluding hydrogens is 368 g/mol. The van der Waals surface area contributed by atoms with Crippen molar-refractivity contribution in [2.45, 2.75) is 26.4 Å². The third-order valence-electron chi connectivity index (χ3n) is 3.77. The van der Waals surface area contributed by atoms with Gasteiger partial charge in [-0.25, -0.2) is 0 Å². The Morgan fingerprint density at radius 1 is 1.19 bits per heavy atom. The Kier molecular flexibility index (Phi) is 6.25. The van der Waals surface area contributed by atoms with Crippen LogP contribution in [0.1, 0.15) is 17.7 Å². The number of hydrogen-bond acceptors (Lipinski definition) is 3. The minimum Gasteiger partial charge on any atom is -0.362 e. The number of benzene rings is 1. The van der Waals surface area contributed by atoms with Crippen LogP contribution in [0.5, 0.6) is 0 Å². The first-order valence-corrected chi connectivity index (χ1v) is 9.19. The second kappa shape index (κ2) is 8.82. The monoisotopic (exact) mass is 388 g/mol. The van der Waals surface area contributed by atoms with Crippen LogP contribution >= 0.6 is 23.8 Å². The van der Waals surface area contributed by atoms with Gasteiger partial charge in [-0.3, -0.25) is 9.36 Å². The van der Waals surface area contributed by atoms with Gasteiger partial charge in [-0.05, 0) is 49.3 Å². The molecule has 8 heteroatoms. The SMILES string of the molecule is Cc1ccn(CCCNC(=S)Nc2cnn(Cc3ccc(Cl)cc3)c2)n1. The smallest absolute Gasteiger partial charge is 0.170 e. The Balaban J connectivity index is 1.40. The molecule has 136 valence electrons. The molecule has 0 bridgehead atoms. The summed E-state index contributed by atoms with van der Waals surface area (Å²) in [6.45, 7) is 4.31. The van der Waals surface area contributed by atoms with E-state index in [1.807, 2.05) is 59.0 Å². The number of rotatable bonds is 7. The van der Waals surface area contributed by atoms with Crippen molar-refractivity contribution in [1.29, 1.82) is 0 Å². The lowest BCUT2D eigenvalue weighted by molar-refractivity contribution is 0.570. The molecular formula is C18H21ClN6S. The number of aryl methyl sites for hydroxylation is 2. The molecule has 0 fully saturated rings. The van der Waals surface area contributed by atoms with Gasteiger partial charge in [0, 0.05) is 30.5 Å². The first-order valence-electron chi connectivity index (χ1n) is 8.40. The Morgan fingerprint density at radius 2 is 2.00 bits per heavy atom. The van der Waals surface area contributed by atoms with E-state index in [-0.39, 0.29) is 0 Å². The van der Waals surface area contributed by atoms with Gasteiger partial charge in [-0.1, -0.05) is 23.7 Å². The number of thiocarbonyl (C=S) groups is 1. The third-order valence-corrected chi connectivity index (χ3v) is 4.27. The number of anilines is 1. The van der Waals surface area contributed by atoms with Crippen LogP contribution in [-0.2, 0) is 13.1 Å². The maximum absolute atomic E-state index is 5.91. The second-order valence-electron chi connectivity index (χ2n) is 6.01. The van der Waals surface area contributed by atoms with Crippen LogP contribution < -0.4 is 10.6 Å². The molecule has 1 aromatic carbocycles. The second-order valence-corrected chi connectivity index (χ2v) is 6.85. The van der Waals surface area contributed by atoms with Crippen molar-refractivity contribution in [2.75, 3.05) is 11.9 Å². The van der Waals surface area contributed by atoms with Crippen LogP contribution in [-0.4, -0.2) is 31.2 Å². The molecule has 0 aliphatic rings. The molecule has 3 rings (SSSR count). The molecule has 26 heavy (non-hydrogen) atoms. The van der Waals surface area contributed by atoms with Crippen molar-refractivity contribution in [3.63, 3.8) is 0 Å². The van der Waals surface area contributed by atoms with Gasteiger partial charge in [0.25, 0.3) is 0 Å². The van der Waals surface area contributed by atoms with Crippen molar-refractivity contribution in [2.24, 2.45) is 0 Å². The van der Waals surface area contributed by atoms with Crippen molar-refractivity contribution in [1.82, 2.24) is 24.9 Å². The molecule has 2 N–H and O–H groups in total. The summed E-state index contributed by atoms with van der Waals surface area (Å²) in [7, 11) is 0. The average Bonchev–Trinajstić information content (AvgIpc) is 3.23. The molecule has 0 atom stereocenters. The van der Waals surface area contributed by atoms with Gasteiger partial charge in [0.2, 0.25) is 0 Å². The number of halogens is 1. The van der Waals surface area contributed by atoms with Gasteiger partial charge in [0.1, 0.15) is 0 Å². The van der Waals surface area contributed by atoms with Gasteiger partial charge in [0.05, 0.1) is 24.1 Å². The minimum absolute atomic E-state index is 0.590. The van der Waals surface area contributed by atoms with E-state index >= 15 is 0 Å². The molecule has 0 radical (unpaired) electrons. The van der Waals surface area contributed by atoms with Gasteiger partial charge in [0.15, 0.2) is 5.11 Å². The zero-order valence-electron chi connectivity index (χ0n) is 14.5. The van der Waals surface area contributed by atoms with Gasteiger partial charge < -0.3 is 10.6 Å². The zero-order chi connectivity index (χ0) is 18.4. The maximum atomic E-state index is 5.91. The lowest BCUT2D eigenvalue weighted by atomic mass is 10.2. The van der Waals surface area contributed by atoms with Crippen molar-refractivity contribution >= 4 is 34.6 Å². The molecule has 3 aromatic rings. The van der Waals surface area contributed by atoms with E-state index in [1.54, 1.807) is 6.20 Å². The van der Waals surface area contributed by atoms with E-state index in [1.165, 1.54) is 0 Å². The van der Waals surface area contributed by atoms with Crippen LogP contribution in [0.15, 0.2) is 48.9 Å².